The number of rotatable bonds is 4. The van der Waals surface area contributed by atoms with Crippen LogP contribution in [0.1, 0.15) is 13.3 Å². The Morgan fingerprint density at radius 2 is 2.33 bits per heavy atom. The Kier molecular flexibility index (Phi) is 7.42. The zero-order valence-corrected chi connectivity index (χ0v) is 14.1. The lowest BCUT2D eigenvalue weighted by Crippen LogP contribution is -2.49. The van der Waals surface area contributed by atoms with E-state index in [2.05, 4.69) is 33.5 Å². The average Bonchev–Trinajstić information content (AvgIpc) is 2.40. The Hall–Kier alpha value is -0.850. The lowest BCUT2D eigenvalue weighted by atomic mass is 9.95. The highest BCUT2D eigenvalue weighted by Crippen LogP contribution is 2.21. The summed E-state index contributed by atoms with van der Waals surface area (Å²) in [5, 5.41) is 6.21. The second-order valence-corrected chi connectivity index (χ2v) is 5.92. The summed E-state index contributed by atoms with van der Waals surface area (Å²) in [6, 6.07) is 4.63. The number of carbonyl (C=O) groups excluding carboxylic acids is 1. The van der Waals surface area contributed by atoms with Crippen molar-refractivity contribution in [1.82, 2.24) is 10.6 Å². The van der Waals surface area contributed by atoms with Crippen molar-refractivity contribution in [3.05, 3.63) is 28.5 Å². The van der Waals surface area contributed by atoms with Crippen molar-refractivity contribution < 1.29 is 13.9 Å². The molecule has 1 saturated heterocycles. The van der Waals surface area contributed by atoms with Crippen LogP contribution in [0.4, 0.5) is 4.39 Å². The smallest absolute Gasteiger partial charge is 0.258 e. The van der Waals surface area contributed by atoms with Crippen molar-refractivity contribution >= 4 is 34.2 Å². The SMILES string of the molecule is CC1CNCCC1NC(=O)COc1ccc(Br)cc1F.Cl. The largest absolute Gasteiger partial charge is 0.481 e. The van der Waals surface area contributed by atoms with Gasteiger partial charge in [-0.05, 0) is 43.6 Å². The van der Waals surface area contributed by atoms with Crippen LogP contribution in [0.2, 0.25) is 0 Å². The van der Waals surface area contributed by atoms with E-state index >= 15 is 0 Å². The standard InChI is InChI=1S/C14H18BrFN2O2.ClH/c1-9-7-17-5-4-12(9)18-14(19)8-20-13-3-2-10(15)6-11(13)16;/h2-3,6,9,12,17H,4-5,7-8H2,1H3,(H,18,19);1H. The number of benzene rings is 1. The number of halogens is 3. The van der Waals surface area contributed by atoms with Gasteiger partial charge < -0.3 is 15.4 Å². The van der Waals surface area contributed by atoms with Crippen molar-refractivity contribution in [2.24, 2.45) is 5.92 Å². The molecule has 0 spiro atoms. The summed E-state index contributed by atoms with van der Waals surface area (Å²) >= 11 is 3.17. The van der Waals surface area contributed by atoms with Crippen LogP contribution in [0.15, 0.2) is 22.7 Å². The van der Waals surface area contributed by atoms with Crippen molar-refractivity contribution in [2.75, 3.05) is 19.7 Å². The number of carbonyl (C=O) groups is 1. The molecule has 4 nitrogen and oxygen atoms in total. The first kappa shape index (κ1) is 18.2. The molecule has 2 atom stereocenters. The first-order valence-corrected chi connectivity index (χ1v) is 7.43. The van der Waals surface area contributed by atoms with Crippen molar-refractivity contribution in [3.63, 3.8) is 0 Å². The fourth-order valence-corrected chi connectivity index (χ4v) is 2.55. The summed E-state index contributed by atoms with van der Waals surface area (Å²) in [6.07, 6.45) is 0.902. The molecule has 1 heterocycles. The topological polar surface area (TPSA) is 50.4 Å². The second kappa shape index (κ2) is 8.56. The molecule has 1 amide bonds. The minimum atomic E-state index is -0.484. The van der Waals surface area contributed by atoms with Gasteiger partial charge in [0.05, 0.1) is 0 Å². The molecule has 0 bridgehead atoms. The molecule has 0 saturated carbocycles. The zero-order valence-electron chi connectivity index (χ0n) is 11.7. The van der Waals surface area contributed by atoms with Gasteiger partial charge in [0.15, 0.2) is 18.2 Å². The van der Waals surface area contributed by atoms with Crippen LogP contribution < -0.4 is 15.4 Å². The predicted octanol–water partition coefficient (Wildman–Crippen LogP) is 2.50. The molecule has 7 heteroatoms. The monoisotopic (exact) mass is 380 g/mol. The summed E-state index contributed by atoms with van der Waals surface area (Å²) in [5.41, 5.74) is 0. The van der Waals surface area contributed by atoms with Gasteiger partial charge in [0.2, 0.25) is 0 Å². The van der Waals surface area contributed by atoms with E-state index in [1.807, 2.05) is 0 Å². The lowest BCUT2D eigenvalue weighted by Gasteiger charge is -2.30. The summed E-state index contributed by atoms with van der Waals surface area (Å²) in [7, 11) is 0. The van der Waals surface area contributed by atoms with Gasteiger partial charge in [-0.1, -0.05) is 22.9 Å². The number of amides is 1. The van der Waals surface area contributed by atoms with Crippen LogP contribution in [0.25, 0.3) is 0 Å². The fourth-order valence-electron chi connectivity index (χ4n) is 2.21. The first-order valence-electron chi connectivity index (χ1n) is 6.64. The average molecular weight is 382 g/mol. The summed E-state index contributed by atoms with van der Waals surface area (Å²) < 4.78 is 19.4. The first-order chi connectivity index (χ1) is 9.56. The molecule has 21 heavy (non-hydrogen) atoms. The van der Waals surface area contributed by atoms with Gasteiger partial charge in [-0.25, -0.2) is 4.39 Å². The molecule has 0 aromatic heterocycles. The minimum Gasteiger partial charge on any atom is -0.481 e. The summed E-state index contributed by atoms with van der Waals surface area (Å²) in [5.74, 6) is -0.229. The van der Waals surface area contributed by atoms with Crippen LogP contribution in [0.5, 0.6) is 5.75 Å². The molecule has 2 rings (SSSR count). The molecule has 0 radical (unpaired) electrons. The number of hydrogen-bond acceptors (Lipinski definition) is 3. The Morgan fingerprint density at radius 1 is 1.57 bits per heavy atom. The fraction of sp³-hybridized carbons (Fsp3) is 0.500. The van der Waals surface area contributed by atoms with Crippen molar-refractivity contribution in [2.45, 2.75) is 19.4 Å². The van der Waals surface area contributed by atoms with Crippen LogP contribution in [-0.2, 0) is 4.79 Å². The molecule has 2 unspecified atom stereocenters. The van der Waals surface area contributed by atoms with Gasteiger partial charge in [0.1, 0.15) is 0 Å². The third kappa shape index (κ3) is 5.45. The maximum Gasteiger partial charge on any atom is 0.258 e. The molecule has 118 valence electrons. The Bertz CT molecular complexity index is 490. The predicted molar refractivity (Wildman–Crippen MR) is 85.4 cm³/mol. The van der Waals surface area contributed by atoms with Gasteiger partial charge in [-0.2, -0.15) is 0 Å². The number of hydrogen-bond donors (Lipinski definition) is 2. The van der Waals surface area contributed by atoms with Gasteiger partial charge >= 0.3 is 0 Å². The zero-order chi connectivity index (χ0) is 14.5. The van der Waals surface area contributed by atoms with Crippen LogP contribution in [0.3, 0.4) is 0 Å². The summed E-state index contributed by atoms with van der Waals surface area (Å²) in [4.78, 5) is 11.8. The second-order valence-electron chi connectivity index (χ2n) is 5.01. The molecular weight excluding hydrogens is 363 g/mol. The quantitative estimate of drug-likeness (QED) is 0.842. The van der Waals surface area contributed by atoms with Crippen LogP contribution in [0, 0.1) is 11.7 Å². The Balaban J connectivity index is 0.00000220. The highest BCUT2D eigenvalue weighted by molar-refractivity contribution is 9.10. The van der Waals surface area contributed by atoms with E-state index in [9.17, 15) is 9.18 Å². The molecular formula is C14H19BrClFN2O2. The van der Waals surface area contributed by atoms with Crippen molar-refractivity contribution in [3.8, 4) is 5.75 Å². The molecule has 1 aliphatic rings. The maximum absolute atomic E-state index is 13.5. The third-order valence-corrected chi connectivity index (χ3v) is 3.88. The molecule has 2 N–H and O–H groups in total. The molecule has 1 fully saturated rings. The van der Waals surface area contributed by atoms with E-state index in [4.69, 9.17) is 4.74 Å². The van der Waals surface area contributed by atoms with E-state index in [0.717, 1.165) is 19.5 Å². The number of ether oxygens (including phenoxy) is 1. The normalized spacial score (nSPS) is 21.3. The van der Waals surface area contributed by atoms with E-state index in [-0.39, 0.29) is 36.7 Å². The Morgan fingerprint density at radius 3 is 3.00 bits per heavy atom. The number of nitrogens with one attached hydrogen (secondary N) is 2. The Labute approximate surface area is 138 Å². The van der Waals surface area contributed by atoms with E-state index in [1.54, 1.807) is 6.07 Å². The highest BCUT2D eigenvalue weighted by atomic mass is 79.9. The van der Waals surface area contributed by atoms with Gasteiger partial charge in [0.25, 0.3) is 5.91 Å². The van der Waals surface area contributed by atoms with E-state index < -0.39 is 5.82 Å². The van der Waals surface area contributed by atoms with Crippen LogP contribution in [-0.4, -0.2) is 31.6 Å². The third-order valence-electron chi connectivity index (χ3n) is 3.38. The van der Waals surface area contributed by atoms with Crippen molar-refractivity contribution in [1.29, 1.82) is 0 Å². The molecule has 0 aliphatic carbocycles. The number of piperidine rings is 1. The lowest BCUT2D eigenvalue weighted by molar-refractivity contribution is -0.124. The highest BCUT2D eigenvalue weighted by Gasteiger charge is 2.22. The van der Waals surface area contributed by atoms with Gasteiger partial charge in [-0.3, -0.25) is 4.79 Å². The van der Waals surface area contributed by atoms with E-state index in [0.29, 0.717) is 10.4 Å². The minimum absolute atomic E-state index is 0. The van der Waals surface area contributed by atoms with Gasteiger partial charge in [-0.15, -0.1) is 12.4 Å². The molecule has 1 aromatic rings. The van der Waals surface area contributed by atoms with E-state index in [1.165, 1.54) is 12.1 Å². The summed E-state index contributed by atoms with van der Waals surface area (Å²) in [6.45, 7) is 3.71. The molecule has 1 aromatic carbocycles. The molecule has 1 aliphatic heterocycles. The van der Waals surface area contributed by atoms with Crippen LogP contribution >= 0.6 is 28.3 Å². The maximum atomic E-state index is 13.5. The van der Waals surface area contributed by atoms with Gasteiger partial charge in [0, 0.05) is 10.5 Å².